The van der Waals surface area contributed by atoms with Crippen molar-refractivity contribution >= 4 is 17.2 Å². The van der Waals surface area contributed by atoms with E-state index in [2.05, 4.69) is 23.2 Å². The number of hydrogen-bond donors (Lipinski definition) is 1. The summed E-state index contributed by atoms with van der Waals surface area (Å²) in [6.45, 7) is 5.01. The Morgan fingerprint density at radius 3 is 2.81 bits per heavy atom. The minimum atomic E-state index is 0.266. The number of hydrogen-bond acceptors (Lipinski definition) is 3. The smallest absolute Gasteiger partial charge is 0.264 e. The quantitative estimate of drug-likeness (QED) is 0.870. The van der Waals surface area contributed by atoms with Crippen LogP contribution >= 0.6 is 11.3 Å². The summed E-state index contributed by atoms with van der Waals surface area (Å²) in [4.78, 5) is 17.4. The van der Waals surface area contributed by atoms with Crippen LogP contribution in [-0.4, -0.2) is 36.5 Å². The highest BCUT2D eigenvalue weighted by Gasteiger charge is 2.26. The number of fused-ring (bicyclic) bond motifs is 1. The monoisotopic (exact) mass is 306 g/mol. The zero-order valence-corrected chi connectivity index (χ0v) is 13.8. The maximum atomic E-state index is 12.9. The summed E-state index contributed by atoms with van der Waals surface area (Å²) in [7, 11) is 0. The van der Waals surface area contributed by atoms with Gasteiger partial charge in [0.1, 0.15) is 0 Å². The number of nitrogens with one attached hydrogen (secondary N) is 1. The first-order valence-electron chi connectivity index (χ1n) is 8.43. The van der Waals surface area contributed by atoms with Crippen molar-refractivity contribution in [2.75, 3.05) is 19.6 Å². The number of piperidine rings is 1. The molecule has 0 spiro atoms. The molecule has 0 atom stereocenters. The molecule has 0 bridgehead atoms. The molecule has 0 radical (unpaired) electrons. The summed E-state index contributed by atoms with van der Waals surface area (Å²) < 4.78 is 0. The average molecular weight is 306 g/mol. The van der Waals surface area contributed by atoms with Crippen LogP contribution in [0.15, 0.2) is 6.07 Å². The predicted octanol–water partition coefficient (Wildman–Crippen LogP) is 3.23. The van der Waals surface area contributed by atoms with E-state index in [1.165, 1.54) is 42.5 Å². The van der Waals surface area contributed by atoms with Gasteiger partial charge in [-0.3, -0.25) is 4.79 Å². The van der Waals surface area contributed by atoms with Crippen molar-refractivity contribution < 1.29 is 4.79 Å². The van der Waals surface area contributed by atoms with Crippen molar-refractivity contribution in [2.24, 2.45) is 0 Å². The second-order valence-corrected chi connectivity index (χ2v) is 7.33. The third-order valence-electron chi connectivity index (χ3n) is 4.81. The summed E-state index contributed by atoms with van der Waals surface area (Å²) >= 11 is 1.76. The van der Waals surface area contributed by atoms with Crippen LogP contribution < -0.4 is 5.32 Å². The molecule has 3 nitrogen and oxygen atoms in total. The third-order valence-corrected chi connectivity index (χ3v) is 6.03. The van der Waals surface area contributed by atoms with Gasteiger partial charge in [0.25, 0.3) is 5.91 Å². The van der Waals surface area contributed by atoms with Crippen LogP contribution in [0.3, 0.4) is 0 Å². The molecule has 1 aliphatic heterocycles. The van der Waals surface area contributed by atoms with Crippen LogP contribution in [0.2, 0.25) is 0 Å². The minimum absolute atomic E-state index is 0.266. The van der Waals surface area contributed by atoms with Crippen LogP contribution in [0.4, 0.5) is 0 Å². The SMILES string of the molecule is CCN(C(=O)c1cc2c(s1)CCCCC2)C1CCNCC1. The Morgan fingerprint density at radius 2 is 2.05 bits per heavy atom. The molecule has 1 aromatic heterocycles. The van der Waals surface area contributed by atoms with Crippen LogP contribution in [0.1, 0.15) is 59.1 Å². The van der Waals surface area contributed by atoms with Crippen molar-refractivity contribution in [3.8, 4) is 0 Å². The molecule has 1 N–H and O–H groups in total. The van der Waals surface area contributed by atoms with Gasteiger partial charge in [-0.2, -0.15) is 0 Å². The Kier molecular flexibility index (Phi) is 4.96. The normalized spacial score (nSPS) is 19.9. The lowest BCUT2D eigenvalue weighted by Crippen LogP contribution is -2.45. The largest absolute Gasteiger partial charge is 0.335 e. The lowest BCUT2D eigenvalue weighted by molar-refractivity contribution is 0.0661. The Bertz CT molecular complexity index is 467. The number of aryl methyl sites for hydroxylation is 2. The molecule has 1 saturated heterocycles. The van der Waals surface area contributed by atoms with Gasteiger partial charge in [0.2, 0.25) is 0 Å². The van der Waals surface area contributed by atoms with Crippen LogP contribution in [-0.2, 0) is 12.8 Å². The van der Waals surface area contributed by atoms with Gasteiger partial charge in [0.15, 0.2) is 0 Å². The highest BCUT2D eigenvalue weighted by molar-refractivity contribution is 7.14. The second-order valence-electron chi connectivity index (χ2n) is 6.19. The second kappa shape index (κ2) is 6.93. The van der Waals surface area contributed by atoms with E-state index in [1.807, 2.05) is 0 Å². The Balaban J connectivity index is 1.76. The molecular weight excluding hydrogens is 280 g/mol. The number of carbonyl (C=O) groups excluding carboxylic acids is 1. The van der Waals surface area contributed by atoms with Crippen LogP contribution in [0.25, 0.3) is 0 Å². The number of amides is 1. The molecule has 1 aliphatic carbocycles. The first-order chi connectivity index (χ1) is 10.3. The van der Waals surface area contributed by atoms with Gasteiger partial charge in [-0.15, -0.1) is 11.3 Å². The van der Waals surface area contributed by atoms with E-state index in [0.29, 0.717) is 6.04 Å². The highest BCUT2D eigenvalue weighted by Crippen LogP contribution is 2.30. The average Bonchev–Trinajstić information content (AvgIpc) is 2.80. The molecule has 2 heterocycles. The summed E-state index contributed by atoms with van der Waals surface area (Å²) in [6, 6.07) is 2.61. The maximum absolute atomic E-state index is 12.9. The first kappa shape index (κ1) is 15.0. The minimum Gasteiger partial charge on any atom is -0.335 e. The molecule has 4 heteroatoms. The molecule has 1 aromatic rings. The van der Waals surface area contributed by atoms with Gasteiger partial charge in [0, 0.05) is 17.5 Å². The number of thiophene rings is 1. The lowest BCUT2D eigenvalue weighted by atomic mass is 10.0. The van der Waals surface area contributed by atoms with Gasteiger partial charge in [-0.1, -0.05) is 6.42 Å². The maximum Gasteiger partial charge on any atom is 0.264 e. The van der Waals surface area contributed by atoms with Gasteiger partial charge in [0.05, 0.1) is 4.88 Å². The molecule has 2 aliphatic rings. The van der Waals surface area contributed by atoms with E-state index in [0.717, 1.165) is 37.4 Å². The lowest BCUT2D eigenvalue weighted by Gasteiger charge is -2.33. The molecule has 1 fully saturated rings. The third kappa shape index (κ3) is 3.32. The standard InChI is InChI=1S/C17H26N2OS/c1-2-19(14-8-10-18-11-9-14)17(20)16-12-13-6-4-3-5-7-15(13)21-16/h12,14,18H,2-11H2,1H3. The van der Waals surface area contributed by atoms with Crippen molar-refractivity contribution in [3.05, 3.63) is 21.4 Å². The molecule has 1 amide bonds. The van der Waals surface area contributed by atoms with Gasteiger partial charge in [-0.05, 0) is 70.2 Å². The Labute approximate surface area is 131 Å². The first-order valence-corrected chi connectivity index (χ1v) is 9.24. The number of nitrogens with zero attached hydrogens (tertiary/aromatic N) is 1. The van der Waals surface area contributed by atoms with E-state index in [4.69, 9.17) is 0 Å². The van der Waals surface area contributed by atoms with Crippen molar-refractivity contribution in [3.63, 3.8) is 0 Å². The molecule has 0 aromatic carbocycles. The summed E-state index contributed by atoms with van der Waals surface area (Å²) in [5, 5.41) is 3.38. The van der Waals surface area contributed by atoms with Gasteiger partial charge < -0.3 is 10.2 Å². The summed E-state index contributed by atoms with van der Waals surface area (Å²) in [5.41, 5.74) is 1.45. The Morgan fingerprint density at radius 1 is 1.29 bits per heavy atom. The van der Waals surface area contributed by atoms with Crippen molar-refractivity contribution in [1.82, 2.24) is 10.2 Å². The molecule has 116 valence electrons. The number of carbonyl (C=O) groups is 1. The highest BCUT2D eigenvalue weighted by atomic mass is 32.1. The van der Waals surface area contributed by atoms with E-state index >= 15 is 0 Å². The van der Waals surface area contributed by atoms with Crippen LogP contribution in [0, 0.1) is 0 Å². The van der Waals surface area contributed by atoms with E-state index in [-0.39, 0.29) is 5.91 Å². The topological polar surface area (TPSA) is 32.3 Å². The molecule has 21 heavy (non-hydrogen) atoms. The number of rotatable bonds is 3. The fourth-order valence-corrected chi connectivity index (χ4v) is 4.81. The molecule has 0 saturated carbocycles. The van der Waals surface area contributed by atoms with E-state index < -0.39 is 0 Å². The molecular formula is C17H26N2OS. The Hall–Kier alpha value is -0.870. The van der Waals surface area contributed by atoms with Crippen LogP contribution in [0.5, 0.6) is 0 Å². The van der Waals surface area contributed by atoms with E-state index in [9.17, 15) is 4.79 Å². The zero-order valence-electron chi connectivity index (χ0n) is 13.0. The van der Waals surface area contributed by atoms with E-state index in [1.54, 1.807) is 11.3 Å². The zero-order chi connectivity index (χ0) is 14.7. The summed E-state index contributed by atoms with van der Waals surface area (Å²) in [6.07, 6.45) is 8.41. The predicted molar refractivity (Wildman–Crippen MR) is 88.2 cm³/mol. The summed E-state index contributed by atoms with van der Waals surface area (Å²) in [5.74, 6) is 0.266. The molecule has 0 unspecified atom stereocenters. The van der Waals surface area contributed by atoms with Crippen molar-refractivity contribution in [2.45, 2.75) is 57.9 Å². The molecule has 3 rings (SSSR count). The van der Waals surface area contributed by atoms with Gasteiger partial charge >= 0.3 is 0 Å². The van der Waals surface area contributed by atoms with Crippen molar-refractivity contribution in [1.29, 1.82) is 0 Å². The fraction of sp³-hybridized carbons (Fsp3) is 0.706. The fourth-order valence-electron chi connectivity index (χ4n) is 3.60. The van der Waals surface area contributed by atoms with Gasteiger partial charge in [-0.25, -0.2) is 0 Å².